The Morgan fingerprint density at radius 2 is 1.75 bits per heavy atom. The van der Waals surface area contributed by atoms with Crippen molar-refractivity contribution in [3.8, 4) is 11.3 Å². The third kappa shape index (κ3) is 3.76. The predicted molar refractivity (Wildman–Crippen MR) is 114 cm³/mol. The van der Waals surface area contributed by atoms with E-state index in [1.54, 1.807) is 18.2 Å². The average Bonchev–Trinajstić information content (AvgIpc) is 3.23. The molecule has 1 fully saturated rings. The maximum absolute atomic E-state index is 14.2. The van der Waals surface area contributed by atoms with Crippen molar-refractivity contribution in [2.45, 2.75) is 0 Å². The first kappa shape index (κ1) is 20.0. The number of benzene rings is 1. The third-order valence-corrected chi connectivity index (χ3v) is 5.12. The molecule has 0 bridgehead atoms. The number of carbonyl (C=O) groups is 1. The highest BCUT2D eigenvalue weighted by Crippen LogP contribution is 2.24. The Morgan fingerprint density at radius 3 is 2.53 bits per heavy atom. The molecule has 1 N–H and O–H groups in total. The first-order valence-corrected chi connectivity index (χ1v) is 10.0. The zero-order valence-electron chi connectivity index (χ0n) is 16.8. The first-order valence-electron chi connectivity index (χ1n) is 10.0. The Bertz CT molecular complexity index is 1280. The maximum Gasteiger partial charge on any atom is 0.277 e. The van der Waals surface area contributed by atoms with Crippen LogP contribution in [0.1, 0.15) is 10.5 Å². The molecule has 0 unspecified atom stereocenters. The molecular weight excluding hydrogens is 418 g/mol. The van der Waals surface area contributed by atoms with E-state index < -0.39 is 17.5 Å². The standard InChI is InChI=1S/C22H18F2N6O2/c23-14-3-1-4-15(24)21(14)16-7-8-19-25-13-17(30(19)28-16)22(31)27-18-5-2-6-20(26-18)29-9-11-32-12-10-29/h1-8,13H,9-12H2,(H,26,27,31). The van der Waals surface area contributed by atoms with Gasteiger partial charge in [-0.2, -0.15) is 5.10 Å². The fourth-order valence-electron chi connectivity index (χ4n) is 3.55. The lowest BCUT2D eigenvalue weighted by atomic mass is 10.1. The van der Waals surface area contributed by atoms with E-state index >= 15 is 0 Å². The molecule has 162 valence electrons. The molecule has 1 saturated heterocycles. The van der Waals surface area contributed by atoms with E-state index in [2.05, 4.69) is 25.3 Å². The molecule has 1 amide bonds. The fraction of sp³-hybridized carbons (Fsp3) is 0.182. The van der Waals surface area contributed by atoms with Crippen LogP contribution < -0.4 is 10.2 Å². The van der Waals surface area contributed by atoms with Crippen LogP contribution in [0.4, 0.5) is 20.4 Å². The van der Waals surface area contributed by atoms with Gasteiger partial charge >= 0.3 is 0 Å². The fourth-order valence-corrected chi connectivity index (χ4v) is 3.55. The second-order valence-electron chi connectivity index (χ2n) is 7.16. The highest BCUT2D eigenvalue weighted by molar-refractivity contribution is 6.03. The number of nitrogens with one attached hydrogen (secondary N) is 1. The van der Waals surface area contributed by atoms with Crippen molar-refractivity contribution in [2.75, 3.05) is 36.5 Å². The molecule has 0 aliphatic carbocycles. The molecule has 10 heteroatoms. The number of carbonyl (C=O) groups excluding carboxylic acids is 1. The van der Waals surface area contributed by atoms with Crippen molar-refractivity contribution in [3.63, 3.8) is 0 Å². The van der Waals surface area contributed by atoms with Crippen LogP contribution in [-0.4, -0.2) is 51.8 Å². The zero-order chi connectivity index (χ0) is 22.1. The summed E-state index contributed by atoms with van der Waals surface area (Å²) < 4.78 is 35.0. The SMILES string of the molecule is O=C(Nc1cccc(N2CCOCC2)n1)c1cnc2ccc(-c3c(F)cccc3F)nn12. The molecular formula is C22H18F2N6O2. The average molecular weight is 436 g/mol. The molecule has 0 radical (unpaired) electrons. The van der Waals surface area contributed by atoms with Gasteiger partial charge < -0.3 is 15.0 Å². The Kier molecular flexibility index (Phi) is 5.20. The highest BCUT2D eigenvalue weighted by Gasteiger charge is 2.18. The molecule has 4 heterocycles. The second-order valence-corrected chi connectivity index (χ2v) is 7.16. The lowest BCUT2D eigenvalue weighted by Gasteiger charge is -2.27. The minimum Gasteiger partial charge on any atom is -0.378 e. The summed E-state index contributed by atoms with van der Waals surface area (Å²) in [5.41, 5.74) is 0.254. The Hall–Kier alpha value is -3.92. The molecule has 8 nitrogen and oxygen atoms in total. The molecule has 1 aliphatic rings. The van der Waals surface area contributed by atoms with Crippen molar-refractivity contribution in [2.24, 2.45) is 0 Å². The minimum absolute atomic E-state index is 0.0487. The number of imidazole rings is 1. The van der Waals surface area contributed by atoms with E-state index in [0.717, 1.165) is 31.0 Å². The predicted octanol–water partition coefficient (Wildman–Crippen LogP) is 3.16. The lowest BCUT2D eigenvalue weighted by Crippen LogP contribution is -2.36. The van der Waals surface area contributed by atoms with Gasteiger partial charge in [-0.1, -0.05) is 12.1 Å². The number of hydrogen-bond donors (Lipinski definition) is 1. The number of aromatic nitrogens is 4. The van der Waals surface area contributed by atoms with E-state index in [9.17, 15) is 13.6 Å². The largest absolute Gasteiger partial charge is 0.378 e. The zero-order valence-corrected chi connectivity index (χ0v) is 16.8. The number of anilines is 2. The molecule has 5 rings (SSSR count). The van der Waals surface area contributed by atoms with Gasteiger partial charge in [0, 0.05) is 13.1 Å². The number of halogens is 2. The number of amides is 1. The van der Waals surface area contributed by atoms with Crippen LogP contribution in [0.5, 0.6) is 0 Å². The summed E-state index contributed by atoms with van der Waals surface area (Å²) in [5, 5.41) is 6.99. The normalized spacial score (nSPS) is 14.0. The molecule has 1 aliphatic heterocycles. The maximum atomic E-state index is 14.2. The lowest BCUT2D eigenvalue weighted by molar-refractivity contribution is 0.102. The van der Waals surface area contributed by atoms with Crippen LogP contribution in [0.3, 0.4) is 0 Å². The van der Waals surface area contributed by atoms with Gasteiger partial charge in [0.1, 0.15) is 23.3 Å². The Labute approximate surface area is 181 Å². The number of fused-ring (bicyclic) bond motifs is 1. The van der Waals surface area contributed by atoms with Gasteiger partial charge in [0.25, 0.3) is 5.91 Å². The van der Waals surface area contributed by atoms with Crippen molar-refractivity contribution < 1.29 is 18.3 Å². The minimum atomic E-state index is -0.743. The number of hydrogen-bond acceptors (Lipinski definition) is 6. The molecule has 0 saturated carbocycles. The van der Waals surface area contributed by atoms with E-state index in [0.29, 0.717) is 24.7 Å². The second kappa shape index (κ2) is 8.31. The van der Waals surface area contributed by atoms with Crippen LogP contribution >= 0.6 is 0 Å². The van der Waals surface area contributed by atoms with Gasteiger partial charge in [-0.05, 0) is 36.4 Å². The van der Waals surface area contributed by atoms with Gasteiger partial charge in [0.15, 0.2) is 11.3 Å². The van der Waals surface area contributed by atoms with E-state index in [4.69, 9.17) is 4.74 Å². The van der Waals surface area contributed by atoms with Crippen LogP contribution in [0.15, 0.2) is 54.7 Å². The van der Waals surface area contributed by atoms with Crippen molar-refractivity contribution >= 4 is 23.2 Å². The molecule has 0 spiro atoms. The van der Waals surface area contributed by atoms with Gasteiger partial charge in [-0.3, -0.25) is 4.79 Å². The van der Waals surface area contributed by atoms with Gasteiger partial charge in [0.2, 0.25) is 0 Å². The van der Waals surface area contributed by atoms with Crippen LogP contribution in [-0.2, 0) is 4.74 Å². The van der Waals surface area contributed by atoms with Gasteiger partial charge in [-0.15, -0.1) is 0 Å². The summed E-state index contributed by atoms with van der Waals surface area (Å²) in [6, 6.07) is 11.9. The molecule has 0 atom stereocenters. The number of rotatable bonds is 4. The topological polar surface area (TPSA) is 84.7 Å². The highest BCUT2D eigenvalue weighted by atomic mass is 19.1. The van der Waals surface area contributed by atoms with E-state index in [1.165, 1.54) is 22.8 Å². The molecule has 3 aromatic heterocycles. The smallest absolute Gasteiger partial charge is 0.277 e. The van der Waals surface area contributed by atoms with Crippen molar-refractivity contribution in [1.82, 2.24) is 19.6 Å². The number of nitrogens with zero attached hydrogens (tertiary/aromatic N) is 5. The van der Waals surface area contributed by atoms with Crippen LogP contribution in [0, 0.1) is 11.6 Å². The van der Waals surface area contributed by atoms with Crippen molar-refractivity contribution in [3.05, 3.63) is 72.1 Å². The van der Waals surface area contributed by atoms with Crippen molar-refractivity contribution in [1.29, 1.82) is 0 Å². The number of morpholine rings is 1. The molecule has 32 heavy (non-hydrogen) atoms. The summed E-state index contributed by atoms with van der Waals surface area (Å²) in [6.45, 7) is 2.68. The third-order valence-electron chi connectivity index (χ3n) is 5.12. The summed E-state index contributed by atoms with van der Waals surface area (Å²) in [5.74, 6) is -0.883. The summed E-state index contributed by atoms with van der Waals surface area (Å²) in [7, 11) is 0. The van der Waals surface area contributed by atoms with Crippen LogP contribution in [0.2, 0.25) is 0 Å². The Balaban J connectivity index is 1.44. The number of pyridine rings is 1. The summed E-state index contributed by atoms with van der Waals surface area (Å²) in [6.07, 6.45) is 1.35. The van der Waals surface area contributed by atoms with Gasteiger partial charge in [-0.25, -0.2) is 23.3 Å². The molecule has 1 aromatic carbocycles. The monoisotopic (exact) mass is 436 g/mol. The first-order chi connectivity index (χ1) is 15.6. The van der Waals surface area contributed by atoms with E-state index in [1.807, 2.05) is 6.07 Å². The summed E-state index contributed by atoms with van der Waals surface area (Å²) >= 11 is 0. The summed E-state index contributed by atoms with van der Waals surface area (Å²) in [4.78, 5) is 23.7. The van der Waals surface area contributed by atoms with E-state index in [-0.39, 0.29) is 17.0 Å². The van der Waals surface area contributed by atoms with Gasteiger partial charge in [0.05, 0.1) is 30.7 Å². The Morgan fingerprint density at radius 1 is 1.00 bits per heavy atom. The quantitative estimate of drug-likeness (QED) is 0.529. The van der Waals surface area contributed by atoms with Crippen LogP contribution in [0.25, 0.3) is 16.9 Å². The molecule has 4 aromatic rings. The number of ether oxygens (including phenoxy) is 1.